The fourth-order valence-corrected chi connectivity index (χ4v) is 3.84. The lowest BCUT2D eigenvalue weighted by Crippen LogP contribution is -2.40. The van der Waals surface area contributed by atoms with E-state index >= 15 is 0 Å². The molecule has 146 valence electrons. The van der Waals surface area contributed by atoms with Crippen molar-refractivity contribution in [1.82, 2.24) is 20.5 Å². The number of nitrogens with one attached hydrogen (secondary N) is 2. The minimum absolute atomic E-state index is 0.0234. The molecule has 0 unspecified atom stereocenters. The third-order valence-corrected chi connectivity index (χ3v) is 5.23. The topological polar surface area (TPSA) is 79.9 Å². The fourth-order valence-electron chi connectivity index (χ4n) is 3.84. The highest BCUT2D eigenvalue weighted by atomic mass is 16.5. The molecule has 4 rings (SSSR count). The second-order valence-electron chi connectivity index (χ2n) is 7.95. The van der Waals surface area contributed by atoms with E-state index in [4.69, 9.17) is 4.74 Å². The van der Waals surface area contributed by atoms with Crippen LogP contribution in [0.15, 0.2) is 42.6 Å². The van der Waals surface area contributed by atoms with Crippen molar-refractivity contribution in [2.24, 2.45) is 11.8 Å². The van der Waals surface area contributed by atoms with E-state index in [1.165, 1.54) is 5.56 Å². The molecule has 0 saturated carbocycles. The Labute approximate surface area is 164 Å². The summed E-state index contributed by atoms with van der Waals surface area (Å²) in [5, 5.41) is 11.4. The van der Waals surface area contributed by atoms with Crippen molar-refractivity contribution in [3.8, 4) is 0 Å². The molecule has 0 spiro atoms. The number of para-hydroxylation sites is 1. The van der Waals surface area contributed by atoms with Gasteiger partial charge in [-0.15, -0.1) is 0 Å². The largest absolute Gasteiger partial charge is 0.379 e. The highest BCUT2D eigenvalue weighted by Crippen LogP contribution is 2.24. The number of ether oxygens (including phenoxy) is 1. The van der Waals surface area contributed by atoms with Crippen LogP contribution in [0.5, 0.6) is 0 Å². The Bertz CT molecular complexity index is 961. The van der Waals surface area contributed by atoms with Crippen LogP contribution in [0, 0.1) is 11.8 Å². The Balaban J connectivity index is 1.45. The quantitative estimate of drug-likeness (QED) is 0.691. The molecule has 0 bridgehead atoms. The van der Waals surface area contributed by atoms with Gasteiger partial charge in [0.1, 0.15) is 5.69 Å². The van der Waals surface area contributed by atoms with Crippen molar-refractivity contribution >= 4 is 16.8 Å². The number of benzene rings is 1. The lowest BCUT2D eigenvalue weighted by atomic mass is 9.93. The van der Waals surface area contributed by atoms with E-state index < -0.39 is 0 Å². The number of carbonyl (C=O) groups excluding carboxylic acids is 1. The zero-order chi connectivity index (χ0) is 19.5. The number of nitrogens with zero attached hydrogens (tertiary/aromatic N) is 2. The summed E-state index contributed by atoms with van der Waals surface area (Å²) in [5.74, 6) is 0.592. The summed E-state index contributed by atoms with van der Waals surface area (Å²) in [6.07, 6.45) is 3.57. The van der Waals surface area contributed by atoms with Crippen LogP contribution in [-0.2, 0) is 17.6 Å². The first-order chi connectivity index (χ1) is 13.6. The van der Waals surface area contributed by atoms with Gasteiger partial charge in [0.25, 0.3) is 5.91 Å². The van der Waals surface area contributed by atoms with E-state index in [9.17, 15) is 4.79 Å². The van der Waals surface area contributed by atoms with E-state index in [1.807, 2.05) is 30.5 Å². The van der Waals surface area contributed by atoms with Crippen LogP contribution < -0.4 is 5.32 Å². The van der Waals surface area contributed by atoms with Gasteiger partial charge < -0.3 is 10.1 Å². The zero-order valence-corrected chi connectivity index (χ0v) is 16.3. The van der Waals surface area contributed by atoms with Crippen LogP contribution in [0.25, 0.3) is 10.9 Å². The van der Waals surface area contributed by atoms with E-state index in [0.717, 1.165) is 29.4 Å². The SMILES string of the molecule is CC(C)Cc1cc(C(=O)N[C@H]2COC[C@H]2Cc2ccnc3ccccc23)n[nH]1. The number of H-pyrrole nitrogens is 1. The van der Waals surface area contributed by atoms with Gasteiger partial charge in [0, 0.05) is 23.2 Å². The van der Waals surface area contributed by atoms with Gasteiger partial charge in [-0.05, 0) is 42.5 Å². The van der Waals surface area contributed by atoms with Crippen molar-refractivity contribution < 1.29 is 9.53 Å². The molecule has 2 aromatic heterocycles. The Morgan fingerprint density at radius 1 is 1.29 bits per heavy atom. The number of hydrogen-bond donors (Lipinski definition) is 2. The predicted molar refractivity (Wildman–Crippen MR) is 108 cm³/mol. The van der Waals surface area contributed by atoms with Crippen molar-refractivity contribution in [2.45, 2.75) is 32.7 Å². The van der Waals surface area contributed by atoms with Crippen LogP contribution in [0.3, 0.4) is 0 Å². The van der Waals surface area contributed by atoms with Crippen molar-refractivity contribution in [3.63, 3.8) is 0 Å². The highest BCUT2D eigenvalue weighted by Gasteiger charge is 2.30. The molecule has 2 N–H and O–H groups in total. The zero-order valence-electron chi connectivity index (χ0n) is 16.3. The average Bonchev–Trinajstić information content (AvgIpc) is 3.31. The van der Waals surface area contributed by atoms with E-state index in [0.29, 0.717) is 24.8 Å². The second-order valence-corrected chi connectivity index (χ2v) is 7.95. The number of fused-ring (bicyclic) bond motifs is 1. The van der Waals surface area contributed by atoms with Gasteiger partial charge >= 0.3 is 0 Å². The number of carbonyl (C=O) groups is 1. The summed E-state index contributed by atoms with van der Waals surface area (Å²) in [6, 6.07) is 12.0. The standard InChI is InChI=1S/C22H26N4O2/c1-14(2)9-17-11-20(26-25-17)22(27)24-21-13-28-12-16(21)10-15-7-8-23-19-6-4-3-5-18(15)19/h3-8,11,14,16,21H,9-10,12-13H2,1-2H3,(H,24,27)(H,25,26)/t16-,21+/m1/s1. The van der Waals surface area contributed by atoms with Crippen LogP contribution in [0.4, 0.5) is 0 Å². The molecule has 1 saturated heterocycles. The van der Waals surface area contributed by atoms with Gasteiger partial charge in [-0.2, -0.15) is 5.10 Å². The molecule has 1 aliphatic heterocycles. The normalized spacial score (nSPS) is 19.4. The van der Waals surface area contributed by atoms with Crippen molar-refractivity contribution in [2.75, 3.05) is 13.2 Å². The predicted octanol–water partition coefficient (Wildman–Crippen LogP) is 3.14. The first-order valence-electron chi connectivity index (χ1n) is 9.85. The molecule has 0 aliphatic carbocycles. The first-order valence-corrected chi connectivity index (χ1v) is 9.85. The highest BCUT2D eigenvalue weighted by molar-refractivity contribution is 5.92. The maximum Gasteiger partial charge on any atom is 0.272 e. The van der Waals surface area contributed by atoms with Gasteiger partial charge in [0.2, 0.25) is 0 Å². The van der Waals surface area contributed by atoms with Crippen LogP contribution >= 0.6 is 0 Å². The summed E-state index contributed by atoms with van der Waals surface area (Å²) in [6.45, 7) is 5.46. The third-order valence-electron chi connectivity index (χ3n) is 5.23. The third kappa shape index (κ3) is 4.07. The molecular formula is C22H26N4O2. The van der Waals surface area contributed by atoms with Gasteiger partial charge in [0.15, 0.2) is 0 Å². The van der Waals surface area contributed by atoms with Gasteiger partial charge in [0.05, 0.1) is 24.8 Å². The van der Waals surface area contributed by atoms with Crippen LogP contribution in [0.1, 0.15) is 35.6 Å². The maximum absolute atomic E-state index is 12.7. The Morgan fingerprint density at radius 2 is 2.14 bits per heavy atom. The molecular weight excluding hydrogens is 352 g/mol. The fraction of sp³-hybridized carbons (Fsp3) is 0.409. The molecule has 3 aromatic rings. The summed E-state index contributed by atoms with van der Waals surface area (Å²) < 4.78 is 5.69. The van der Waals surface area contributed by atoms with E-state index in [1.54, 1.807) is 0 Å². The number of aromatic nitrogens is 3. The molecule has 6 nitrogen and oxygen atoms in total. The Morgan fingerprint density at radius 3 is 3.00 bits per heavy atom. The first kappa shape index (κ1) is 18.6. The van der Waals surface area contributed by atoms with Gasteiger partial charge in [-0.25, -0.2) is 0 Å². The maximum atomic E-state index is 12.7. The minimum atomic E-state index is -0.147. The summed E-state index contributed by atoms with van der Waals surface area (Å²) in [4.78, 5) is 17.1. The molecule has 1 fully saturated rings. The molecule has 2 atom stereocenters. The lowest BCUT2D eigenvalue weighted by Gasteiger charge is -2.19. The summed E-state index contributed by atoms with van der Waals surface area (Å²) in [5.41, 5.74) is 3.66. The molecule has 1 aromatic carbocycles. The van der Waals surface area contributed by atoms with Crippen LogP contribution in [-0.4, -0.2) is 40.3 Å². The number of pyridine rings is 1. The van der Waals surface area contributed by atoms with Crippen molar-refractivity contribution in [3.05, 3.63) is 59.5 Å². The van der Waals surface area contributed by atoms with Crippen molar-refractivity contribution in [1.29, 1.82) is 0 Å². The Kier molecular flexibility index (Phi) is 5.39. The molecule has 0 radical (unpaired) electrons. The molecule has 3 heterocycles. The number of amides is 1. The average molecular weight is 378 g/mol. The Hall–Kier alpha value is -2.73. The lowest BCUT2D eigenvalue weighted by molar-refractivity contribution is 0.0920. The van der Waals surface area contributed by atoms with Crippen LogP contribution in [0.2, 0.25) is 0 Å². The molecule has 1 amide bonds. The monoisotopic (exact) mass is 378 g/mol. The molecule has 28 heavy (non-hydrogen) atoms. The number of aromatic amines is 1. The molecule has 6 heteroatoms. The number of hydrogen-bond acceptors (Lipinski definition) is 4. The minimum Gasteiger partial charge on any atom is -0.379 e. The summed E-state index contributed by atoms with van der Waals surface area (Å²) >= 11 is 0. The van der Waals surface area contributed by atoms with Gasteiger partial charge in [-0.1, -0.05) is 32.0 Å². The second kappa shape index (κ2) is 8.10. The smallest absolute Gasteiger partial charge is 0.272 e. The summed E-state index contributed by atoms with van der Waals surface area (Å²) in [7, 11) is 0. The van der Waals surface area contributed by atoms with E-state index in [2.05, 4.69) is 46.5 Å². The van der Waals surface area contributed by atoms with E-state index in [-0.39, 0.29) is 17.9 Å². The van der Waals surface area contributed by atoms with Gasteiger partial charge in [-0.3, -0.25) is 14.9 Å². The molecule has 1 aliphatic rings. The number of rotatable bonds is 6.